The van der Waals surface area contributed by atoms with Crippen molar-refractivity contribution in [1.82, 2.24) is 4.98 Å². The first kappa shape index (κ1) is 11.4. The minimum Gasteiger partial charge on any atom is -0.487 e. The van der Waals surface area contributed by atoms with Gasteiger partial charge in [-0.25, -0.2) is 0 Å². The molecule has 0 bridgehead atoms. The van der Waals surface area contributed by atoms with Crippen molar-refractivity contribution in [1.29, 1.82) is 0 Å². The van der Waals surface area contributed by atoms with E-state index in [1.165, 1.54) is 0 Å². The number of aryl methyl sites for hydroxylation is 1. The van der Waals surface area contributed by atoms with Crippen LogP contribution in [0.15, 0.2) is 49.3 Å². The van der Waals surface area contributed by atoms with Gasteiger partial charge in [-0.05, 0) is 18.1 Å². The number of ether oxygens (including phenoxy) is 1. The third-order valence-electron chi connectivity index (χ3n) is 2.59. The molecule has 0 amide bonds. The molecule has 2 aromatic rings. The van der Waals surface area contributed by atoms with Gasteiger partial charge in [-0.1, -0.05) is 43.0 Å². The maximum atomic E-state index is 5.76. The molecule has 0 unspecified atom stereocenters. The van der Waals surface area contributed by atoms with Crippen LogP contribution in [-0.2, 0) is 6.61 Å². The summed E-state index contributed by atoms with van der Waals surface area (Å²) in [4.78, 5) is 4.13. The zero-order valence-corrected chi connectivity index (χ0v) is 9.89. The van der Waals surface area contributed by atoms with Crippen molar-refractivity contribution >= 4 is 6.08 Å². The zero-order chi connectivity index (χ0) is 12.1. The smallest absolute Gasteiger partial charge is 0.145 e. The average Bonchev–Trinajstić information content (AvgIpc) is 2.37. The second kappa shape index (κ2) is 5.30. The molecule has 2 nitrogen and oxygen atoms in total. The van der Waals surface area contributed by atoms with Gasteiger partial charge in [0.05, 0.1) is 6.20 Å². The Labute approximate surface area is 102 Å². The fourth-order valence-corrected chi connectivity index (χ4v) is 1.66. The molecular weight excluding hydrogens is 210 g/mol. The molecule has 1 heterocycles. The molecule has 17 heavy (non-hydrogen) atoms. The first-order valence-electron chi connectivity index (χ1n) is 5.55. The molecule has 1 aromatic carbocycles. The van der Waals surface area contributed by atoms with Gasteiger partial charge in [0.1, 0.15) is 12.4 Å². The Morgan fingerprint density at radius 3 is 2.71 bits per heavy atom. The van der Waals surface area contributed by atoms with Gasteiger partial charge in [0.25, 0.3) is 0 Å². The maximum absolute atomic E-state index is 5.76. The molecule has 0 aliphatic carbocycles. The van der Waals surface area contributed by atoms with E-state index >= 15 is 0 Å². The summed E-state index contributed by atoms with van der Waals surface area (Å²) in [5.41, 5.74) is 3.23. The van der Waals surface area contributed by atoms with Crippen LogP contribution in [0.25, 0.3) is 6.08 Å². The molecule has 1 aromatic heterocycles. The van der Waals surface area contributed by atoms with Gasteiger partial charge < -0.3 is 4.74 Å². The van der Waals surface area contributed by atoms with Gasteiger partial charge in [-0.2, -0.15) is 0 Å². The third-order valence-corrected chi connectivity index (χ3v) is 2.59. The third kappa shape index (κ3) is 2.72. The topological polar surface area (TPSA) is 22.1 Å². The van der Waals surface area contributed by atoms with E-state index in [0.717, 1.165) is 22.4 Å². The van der Waals surface area contributed by atoms with Crippen molar-refractivity contribution in [2.75, 3.05) is 0 Å². The van der Waals surface area contributed by atoms with Gasteiger partial charge in [-0.15, -0.1) is 0 Å². The Morgan fingerprint density at radius 1 is 1.24 bits per heavy atom. The van der Waals surface area contributed by atoms with Crippen molar-refractivity contribution in [3.63, 3.8) is 0 Å². The highest BCUT2D eigenvalue weighted by molar-refractivity contribution is 5.58. The number of rotatable bonds is 4. The zero-order valence-electron chi connectivity index (χ0n) is 9.89. The van der Waals surface area contributed by atoms with Gasteiger partial charge in [0.15, 0.2) is 0 Å². The highest BCUT2D eigenvalue weighted by Gasteiger charge is 2.04. The van der Waals surface area contributed by atoms with E-state index in [-0.39, 0.29) is 0 Å². The fraction of sp³-hybridized carbons (Fsp3) is 0.133. The molecule has 2 heteroatoms. The highest BCUT2D eigenvalue weighted by Crippen LogP contribution is 2.22. The van der Waals surface area contributed by atoms with Crippen LogP contribution < -0.4 is 4.74 Å². The number of hydrogen-bond donors (Lipinski definition) is 0. The van der Waals surface area contributed by atoms with E-state index in [1.54, 1.807) is 12.3 Å². The summed E-state index contributed by atoms with van der Waals surface area (Å²) < 4.78 is 5.76. The second-order valence-corrected chi connectivity index (χ2v) is 3.85. The summed E-state index contributed by atoms with van der Waals surface area (Å²) in [6, 6.07) is 10.1. The van der Waals surface area contributed by atoms with Crippen LogP contribution in [0.2, 0.25) is 0 Å². The Hall–Kier alpha value is -2.09. The van der Waals surface area contributed by atoms with Crippen molar-refractivity contribution in [3.8, 4) is 5.75 Å². The van der Waals surface area contributed by atoms with E-state index in [4.69, 9.17) is 4.74 Å². The molecule has 0 radical (unpaired) electrons. The molecule has 0 spiro atoms. The second-order valence-electron chi connectivity index (χ2n) is 3.85. The Balaban J connectivity index is 2.14. The van der Waals surface area contributed by atoms with Crippen molar-refractivity contribution in [2.45, 2.75) is 13.5 Å². The normalized spacial score (nSPS) is 9.94. The van der Waals surface area contributed by atoms with Crippen LogP contribution in [0.4, 0.5) is 0 Å². The predicted octanol–water partition coefficient (Wildman–Crippen LogP) is 3.61. The van der Waals surface area contributed by atoms with Gasteiger partial charge in [-0.3, -0.25) is 4.98 Å². The quantitative estimate of drug-likeness (QED) is 0.793. The van der Waals surface area contributed by atoms with Crippen LogP contribution in [0.5, 0.6) is 5.75 Å². The number of aromatic nitrogens is 1. The van der Waals surface area contributed by atoms with Crippen LogP contribution >= 0.6 is 0 Å². The summed E-state index contributed by atoms with van der Waals surface area (Å²) in [5.74, 6) is 0.781. The van der Waals surface area contributed by atoms with Gasteiger partial charge in [0, 0.05) is 11.8 Å². The monoisotopic (exact) mass is 225 g/mol. The average molecular weight is 225 g/mol. The Bertz CT molecular complexity index is 506. The molecular formula is C15H15NO. The van der Waals surface area contributed by atoms with Crippen LogP contribution in [0.1, 0.15) is 16.7 Å². The Morgan fingerprint density at radius 2 is 2.00 bits per heavy atom. The van der Waals surface area contributed by atoms with Gasteiger partial charge >= 0.3 is 0 Å². The number of pyridine rings is 1. The largest absolute Gasteiger partial charge is 0.487 e. The molecule has 2 rings (SSSR count). The summed E-state index contributed by atoms with van der Waals surface area (Å²) in [6.45, 7) is 6.35. The fourth-order valence-electron chi connectivity index (χ4n) is 1.66. The van der Waals surface area contributed by atoms with Gasteiger partial charge in [0.2, 0.25) is 0 Å². The lowest BCUT2D eigenvalue weighted by Gasteiger charge is -2.10. The van der Waals surface area contributed by atoms with E-state index < -0.39 is 0 Å². The summed E-state index contributed by atoms with van der Waals surface area (Å²) in [7, 11) is 0. The SMILES string of the molecule is C=Cc1c(C)cncc1OCc1ccccc1. The lowest BCUT2D eigenvalue weighted by molar-refractivity contribution is 0.304. The first-order chi connectivity index (χ1) is 8.31. The molecule has 0 fully saturated rings. The lowest BCUT2D eigenvalue weighted by atomic mass is 10.1. The van der Waals surface area contributed by atoms with Crippen molar-refractivity contribution in [3.05, 3.63) is 66.0 Å². The first-order valence-corrected chi connectivity index (χ1v) is 5.55. The lowest BCUT2D eigenvalue weighted by Crippen LogP contribution is -1.98. The Kier molecular flexibility index (Phi) is 3.55. The molecule has 0 aliphatic rings. The number of hydrogen-bond acceptors (Lipinski definition) is 2. The molecule has 0 saturated heterocycles. The molecule has 0 atom stereocenters. The summed E-state index contributed by atoms with van der Waals surface area (Å²) in [5, 5.41) is 0. The number of benzene rings is 1. The van der Waals surface area contributed by atoms with Crippen molar-refractivity contribution < 1.29 is 4.74 Å². The van der Waals surface area contributed by atoms with E-state index in [0.29, 0.717) is 6.61 Å². The molecule has 86 valence electrons. The van der Waals surface area contributed by atoms with Crippen LogP contribution in [0.3, 0.4) is 0 Å². The van der Waals surface area contributed by atoms with E-state index in [2.05, 4.69) is 11.6 Å². The van der Waals surface area contributed by atoms with E-state index in [9.17, 15) is 0 Å². The minimum atomic E-state index is 0.548. The number of nitrogens with zero attached hydrogens (tertiary/aromatic N) is 1. The van der Waals surface area contributed by atoms with Crippen molar-refractivity contribution in [2.24, 2.45) is 0 Å². The van der Waals surface area contributed by atoms with Crippen LogP contribution in [0, 0.1) is 6.92 Å². The van der Waals surface area contributed by atoms with Crippen LogP contribution in [-0.4, -0.2) is 4.98 Å². The van der Waals surface area contributed by atoms with E-state index in [1.807, 2.05) is 43.5 Å². The minimum absolute atomic E-state index is 0.548. The molecule has 0 saturated carbocycles. The molecule has 0 aliphatic heterocycles. The maximum Gasteiger partial charge on any atom is 0.145 e. The highest BCUT2D eigenvalue weighted by atomic mass is 16.5. The molecule has 0 N–H and O–H groups in total. The summed E-state index contributed by atoms with van der Waals surface area (Å²) in [6.07, 6.45) is 5.34. The standard InChI is InChI=1S/C15H15NO/c1-3-14-12(2)9-16-10-15(14)17-11-13-7-5-4-6-8-13/h3-10H,1,11H2,2H3. The predicted molar refractivity (Wildman–Crippen MR) is 69.8 cm³/mol. The summed E-state index contributed by atoms with van der Waals surface area (Å²) >= 11 is 0.